The van der Waals surface area contributed by atoms with E-state index in [4.69, 9.17) is 5.73 Å². The van der Waals surface area contributed by atoms with Crippen molar-refractivity contribution in [2.45, 2.75) is 36.2 Å². The van der Waals surface area contributed by atoms with Gasteiger partial charge in [-0.1, -0.05) is 0 Å². The van der Waals surface area contributed by atoms with Crippen LogP contribution in [0.5, 0.6) is 0 Å². The Morgan fingerprint density at radius 3 is 2.65 bits per heavy atom. The van der Waals surface area contributed by atoms with Crippen molar-refractivity contribution in [2.24, 2.45) is 5.73 Å². The molecule has 1 fully saturated rings. The van der Waals surface area contributed by atoms with Crippen molar-refractivity contribution >= 4 is 32.7 Å². The van der Waals surface area contributed by atoms with Gasteiger partial charge < -0.3 is 5.73 Å². The van der Waals surface area contributed by atoms with E-state index in [0.29, 0.717) is 17.3 Å². The van der Waals surface area contributed by atoms with Crippen LogP contribution in [0.25, 0.3) is 0 Å². The van der Waals surface area contributed by atoms with E-state index in [1.807, 2.05) is 22.2 Å². The fourth-order valence-corrected chi connectivity index (χ4v) is 5.73. The summed E-state index contributed by atoms with van der Waals surface area (Å²) in [7, 11) is -3.40. The molecule has 0 saturated heterocycles. The largest absolute Gasteiger partial charge is 0.326 e. The van der Waals surface area contributed by atoms with Gasteiger partial charge in [0.1, 0.15) is 4.21 Å². The summed E-state index contributed by atoms with van der Waals surface area (Å²) in [6.45, 7) is 0.840. The van der Waals surface area contributed by atoms with Gasteiger partial charge in [-0.25, -0.2) is 8.42 Å². The lowest BCUT2D eigenvalue weighted by molar-refractivity contribution is 0.400. The van der Waals surface area contributed by atoms with Gasteiger partial charge in [0.05, 0.1) is 0 Å². The number of hydrogen-bond acceptors (Lipinski definition) is 5. The van der Waals surface area contributed by atoms with Crippen LogP contribution in [-0.4, -0.2) is 18.8 Å². The smallest absolute Gasteiger partial charge is 0.253 e. The summed E-state index contributed by atoms with van der Waals surface area (Å²) >= 11 is 2.85. The Morgan fingerprint density at radius 1 is 1.30 bits per heavy atom. The van der Waals surface area contributed by atoms with E-state index in [1.165, 1.54) is 11.3 Å². The lowest BCUT2D eigenvalue weighted by atomic mass is 10.3. The summed E-state index contributed by atoms with van der Waals surface area (Å²) in [5.41, 5.74) is 7.50. The summed E-state index contributed by atoms with van der Waals surface area (Å²) in [5.74, 6) is 0. The van der Waals surface area contributed by atoms with Gasteiger partial charge in [-0.05, 0) is 52.2 Å². The monoisotopic (exact) mass is 328 g/mol. The van der Waals surface area contributed by atoms with E-state index >= 15 is 0 Å². The summed E-state index contributed by atoms with van der Waals surface area (Å²) in [6, 6.07) is 3.83. The van der Waals surface area contributed by atoms with Crippen LogP contribution < -0.4 is 5.73 Å². The Balaban J connectivity index is 1.89. The first kappa shape index (κ1) is 14.2. The van der Waals surface area contributed by atoms with Gasteiger partial charge in [0.15, 0.2) is 0 Å². The Kier molecular flexibility index (Phi) is 3.96. The first-order valence-corrected chi connectivity index (χ1v) is 9.68. The zero-order valence-electron chi connectivity index (χ0n) is 10.9. The third-order valence-electron chi connectivity index (χ3n) is 3.30. The van der Waals surface area contributed by atoms with E-state index in [2.05, 4.69) is 0 Å². The average Bonchev–Trinajstić information content (AvgIpc) is 2.96. The lowest BCUT2D eigenvalue weighted by Gasteiger charge is -2.20. The first-order chi connectivity index (χ1) is 9.61. The molecule has 0 aromatic carbocycles. The highest BCUT2D eigenvalue weighted by atomic mass is 32.2. The molecule has 0 atom stereocenters. The first-order valence-electron chi connectivity index (χ1n) is 6.41. The number of sulfonamides is 1. The number of nitrogens with two attached hydrogens (primary N) is 1. The molecule has 0 unspecified atom stereocenters. The van der Waals surface area contributed by atoms with E-state index < -0.39 is 10.0 Å². The molecule has 3 rings (SSSR count). The zero-order valence-corrected chi connectivity index (χ0v) is 13.3. The predicted molar refractivity (Wildman–Crippen MR) is 82.3 cm³/mol. The third kappa shape index (κ3) is 2.82. The van der Waals surface area contributed by atoms with Crippen LogP contribution >= 0.6 is 22.7 Å². The molecule has 1 saturated carbocycles. The van der Waals surface area contributed by atoms with Crippen LogP contribution in [0.3, 0.4) is 0 Å². The molecule has 0 bridgehead atoms. The van der Waals surface area contributed by atoms with Crippen molar-refractivity contribution in [2.75, 3.05) is 0 Å². The molecule has 0 spiro atoms. The quantitative estimate of drug-likeness (QED) is 0.886. The van der Waals surface area contributed by atoms with Crippen molar-refractivity contribution in [1.29, 1.82) is 0 Å². The normalized spacial score (nSPS) is 15.9. The van der Waals surface area contributed by atoms with E-state index in [1.54, 1.807) is 21.7 Å². The average molecular weight is 328 g/mol. The van der Waals surface area contributed by atoms with Gasteiger partial charge in [-0.2, -0.15) is 15.6 Å². The van der Waals surface area contributed by atoms with Crippen molar-refractivity contribution in [3.8, 4) is 0 Å². The Bertz CT molecular complexity index is 672. The number of nitrogens with zero attached hydrogens (tertiary/aromatic N) is 1. The van der Waals surface area contributed by atoms with Gasteiger partial charge in [0.25, 0.3) is 10.0 Å². The summed E-state index contributed by atoms with van der Waals surface area (Å²) in [5, 5.41) is 5.80. The molecule has 0 aliphatic heterocycles. The van der Waals surface area contributed by atoms with Crippen molar-refractivity contribution in [3.63, 3.8) is 0 Å². The molecular formula is C13H16N2O2S3. The Hall–Kier alpha value is -0.730. The molecule has 2 aromatic heterocycles. The second kappa shape index (κ2) is 5.57. The van der Waals surface area contributed by atoms with Gasteiger partial charge in [-0.15, -0.1) is 11.3 Å². The standard InChI is InChI=1S/C13H16N2O2S3/c14-6-11-5-13(19-9-11)20(16,17)15(12-1-2-12)7-10-3-4-18-8-10/h3-5,8-9,12H,1-2,6-7,14H2. The number of thiophene rings is 2. The molecule has 1 aliphatic rings. The van der Waals surface area contributed by atoms with Crippen LogP contribution in [0.1, 0.15) is 24.0 Å². The van der Waals surface area contributed by atoms with Crippen molar-refractivity contribution in [3.05, 3.63) is 39.4 Å². The highest BCUT2D eigenvalue weighted by Crippen LogP contribution is 2.35. The van der Waals surface area contributed by atoms with Gasteiger partial charge in [-0.3, -0.25) is 0 Å². The Labute approximate surface area is 126 Å². The highest BCUT2D eigenvalue weighted by molar-refractivity contribution is 7.91. The van der Waals surface area contributed by atoms with Crippen molar-refractivity contribution < 1.29 is 8.42 Å². The maximum atomic E-state index is 12.8. The predicted octanol–water partition coefficient (Wildman–Crippen LogP) is 2.62. The fraction of sp³-hybridized carbons (Fsp3) is 0.385. The Morgan fingerprint density at radius 2 is 2.10 bits per heavy atom. The molecule has 0 radical (unpaired) electrons. The molecule has 4 nitrogen and oxygen atoms in total. The minimum atomic E-state index is -3.40. The third-order valence-corrected chi connectivity index (χ3v) is 7.40. The highest BCUT2D eigenvalue weighted by Gasteiger charge is 2.38. The van der Waals surface area contributed by atoms with E-state index in [0.717, 1.165) is 24.0 Å². The maximum Gasteiger partial charge on any atom is 0.253 e. The fourth-order valence-electron chi connectivity index (χ4n) is 2.05. The molecule has 2 aromatic rings. The van der Waals surface area contributed by atoms with Gasteiger partial charge in [0.2, 0.25) is 0 Å². The lowest BCUT2D eigenvalue weighted by Crippen LogP contribution is -2.32. The van der Waals surface area contributed by atoms with Crippen LogP contribution in [-0.2, 0) is 23.1 Å². The topological polar surface area (TPSA) is 63.4 Å². The van der Waals surface area contributed by atoms with E-state index in [-0.39, 0.29) is 6.04 Å². The number of hydrogen-bond donors (Lipinski definition) is 1. The minimum absolute atomic E-state index is 0.156. The molecule has 2 N–H and O–H groups in total. The summed E-state index contributed by atoms with van der Waals surface area (Å²) in [4.78, 5) is 0. The second-order valence-corrected chi connectivity index (χ2v) is 8.70. The van der Waals surface area contributed by atoms with Crippen LogP contribution in [0, 0.1) is 0 Å². The van der Waals surface area contributed by atoms with Gasteiger partial charge >= 0.3 is 0 Å². The second-order valence-electron chi connectivity index (χ2n) is 4.89. The van der Waals surface area contributed by atoms with Crippen LogP contribution in [0.15, 0.2) is 32.5 Å². The summed E-state index contributed by atoms with van der Waals surface area (Å²) in [6.07, 6.45) is 1.91. The van der Waals surface area contributed by atoms with E-state index in [9.17, 15) is 8.42 Å². The van der Waals surface area contributed by atoms with Crippen molar-refractivity contribution in [1.82, 2.24) is 4.31 Å². The number of rotatable bonds is 6. The summed E-state index contributed by atoms with van der Waals surface area (Å²) < 4.78 is 27.6. The molecule has 7 heteroatoms. The SMILES string of the molecule is NCc1csc(S(=O)(=O)N(Cc2ccsc2)C2CC2)c1. The maximum absolute atomic E-state index is 12.8. The molecular weight excluding hydrogens is 312 g/mol. The minimum Gasteiger partial charge on any atom is -0.326 e. The molecule has 20 heavy (non-hydrogen) atoms. The van der Waals surface area contributed by atoms with Gasteiger partial charge in [0, 0.05) is 19.1 Å². The molecule has 1 aliphatic carbocycles. The zero-order chi connectivity index (χ0) is 14.2. The van der Waals surface area contributed by atoms with Crippen LogP contribution in [0.4, 0.5) is 0 Å². The van der Waals surface area contributed by atoms with Crippen LogP contribution in [0.2, 0.25) is 0 Å². The molecule has 108 valence electrons. The molecule has 2 heterocycles. The molecule has 0 amide bonds.